The summed E-state index contributed by atoms with van der Waals surface area (Å²) in [4.78, 5) is 33.9. The maximum atomic E-state index is 14.1. The van der Waals surface area contributed by atoms with Crippen molar-refractivity contribution in [1.29, 1.82) is 0 Å². The van der Waals surface area contributed by atoms with Crippen LogP contribution in [0.4, 0.5) is 9.59 Å². The summed E-state index contributed by atoms with van der Waals surface area (Å²) in [5, 5.41) is 13.6. The number of benzene rings is 4. The van der Waals surface area contributed by atoms with Crippen LogP contribution in [0.1, 0.15) is 73.4 Å². The molecule has 5 aromatic rings. The normalized spacial score (nSPS) is 15.0. The zero-order valence-corrected chi connectivity index (χ0v) is 27.7. The van der Waals surface area contributed by atoms with Crippen molar-refractivity contribution in [1.82, 2.24) is 15.2 Å². The van der Waals surface area contributed by atoms with Gasteiger partial charge < -0.3 is 19.6 Å². The number of oxazole rings is 1. The highest BCUT2D eigenvalue weighted by molar-refractivity contribution is 5.91. The molecule has 1 aromatic heterocycles. The van der Waals surface area contributed by atoms with Crippen molar-refractivity contribution in [2.45, 2.75) is 69.7 Å². The van der Waals surface area contributed by atoms with E-state index >= 15 is 0 Å². The summed E-state index contributed by atoms with van der Waals surface area (Å²) >= 11 is 0. The van der Waals surface area contributed by atoms with E-state index in [0.29, 0.717) is 36.7 Å². The van der Waals surface area contributed by atoms with Gasteiger partial charge in [0.25, 0.3) is 0 Å². The molecule has 7 rings (SSSR count). The van der Waals surface area contributed by atoms with Gasteiger partial charge in [-0.2, -0.15) is 0 Å². The zero-order chi connectivity index (χ0) is 33.6. The van der Waals surface area contributed by atoms with Crippen LogP contribution >= 0.6 is 0 Å². The van der Waals surface area contributed by atoms with Gasteiger partial charge in [0.05, 0.1) is 0 Å². The third-order valence-electron chi connectivity index (χ3n) is 10.1. The molecule has 1 fully saturated rings. The van der Waals surface area contributed by atoms with Crippen LogP contribution in [0.3, 0.4) is 0 Å². The van der Waals surface area contributed by atoms with E-state index in [1.54, 1.807) is 12.1 Å². The fourth-order valence-corrected chi connectivity index (χ4v) is 7.48. The van der Waals surface area contributed by atoms with Gasteiger partial charge in [-0.25, -0.2) is 19.5 Å². The summed E-state index contributed by atoms with van der Waals surface area (Å²) in [7, 11) is 0. The molecule has 2 aliphatic rings. The molecule has 1 atom stereocenters. The molecule has 1 saturated carbocycles. The molecule has 0 spiro atoms. The van der Waals surface area contributed by atoms with Gasteiger partial charge in [0.15, 0.2) is 11.5 Å². The minimum atomic E-state index is -0.642. The quantitative estimate of drug-likeness (QED) is 0.147. The van der Waals surface area contributed by atoms with E-state index in [-0.39, 0.29) is 24.8 Å². The molecule has 2 N–H and O–H groups in total. The van der Waals surface area contributed by atoms with E-state index in [4.69, 9.17) is 9.15 Å². The summed E-state index contributed by atoms with van der Waals surface area (Å²) in [6, 6.07) is 30.3. The number of ether oxygens (including phenoxy) is 1. The van der Waals surface area contributed by atoms with Crippen LogP contribution in [0, 0.1) is 5.92 Å². The monoisotopic (exact) mass is 657 g/mol. The SMILES string of the molecule is O=C(N[C@@H](CCc1ccccc1O)Cc1nc2ccccc2o1)N(CCC1CCCCC1)C(=O)OCC1c2ccccc2-c2ccccc21. The molecule has 8 nitrogen and oxygen atoms in total. The first-order chi connectivity index (χ1) is 24.0. The zero-order valence-electron chi connectivity index (χ0n) is 27.7. The predicted octanol–water partition coefficient (Wildman–Crippen LogP) is 9.01. The molecule has 0 bridgehead atoms. The van der Waals surface area contributed by atoms with Crippen molar-refractivity contribution in [3.8, 4) is 16.9 Å². The maximum Gasteiger partial charge on any atom is 0.418 e. The Labute approximate surface area is 287 Å². The molecule has 2 aliphatic carbocycles. The van der Waals surface area contributed by atoms with Crippen molar-refractivity contribution in [2.24, 2.45) is 5.92 Å². The number of hydrogen-bond donors (Lipinski definition) is 2. The van der Waals surface area contributed by atoms with Crippen LogP contribution in [-0.4, -0.2) is 46.3 Å². The fourth-order valence-electron chi connectivity index (χ4n) is 7.48. The van der Waals surface area contributed by atoms with Crippen molar-refractivity contribution >= 4 is 23.2 Å². The Balaban J connectivity index is 1.09. The smallest absolute Gasteiger partial charge is 0.418 e. The molecule has 0 saturated heterocycles. The van der Waals surface area contributed by atoms with Crippen LogP contribution < -0.4 is 5.32 Å². The number of aryl methyl sites for hydroxylation is 1. The Morgan fingerprint density at radius 1 is 0.878 bits per heavy atom. The molecule has 8 heteroatoms. The van der Waals surface area contributed by atoms with Crippen LogP contribution in [0.2, 0.25) is 0 Å². The van der Waals surface area contributed by atoms with E-state index in [1.165, 1.54) is 24.2 Å². The number of nitrogens with zero attached hydrogens (tertiary/aromatic N) is 2. The number of aromatic nitrogens is 1. The van der Waals surface area contributed by atoms with Gasteiger partial charge in [0, 0.05) is 24.9 Å². The van der Waals surface area contributed by atoms with Gasteiger partial charge >= 0.3 is 12.1 Å². The van der Waals surface area contributed by atoms with Gasteiger partial charge in [-0.1, -0.05) is 111 Å². The Morgan fingerprint density at radius 3 is 2.29 bits per heavy atom. The summed E-state index contributed by atoms with van der Waals surface area (Å²) in [5.41, 5.74) is 6.75. The van der Waals surface area contributed by atoms with E-state index in [1.807, 2.05) is 60.7 Å². The number of phenolic OH excluding ortho intramolecular Hbond substituents is 1. The number of phenols is 1. The van der Waals surface area contributed by atoms with Crippen molar-refractivity contribution < 1.29 is 23.8 Å². The molecule has 0 radical (unpaired) electrons. The lowest BCUT2D eigenvalue weighted by Gasteiger charge is -2.28. The first kappa shape index (κ1) is 32.4. The molecule has 0 aliphatic heterocycles. The van der Waals surface area contributed by atoms with Gasteiger partial charge in [-0.15, -0.1) is 0 Å². The number of aromatic hydroxyl groups is 1. The standard InChI is InChI=1S/C41H43N3O5/c45-37-20-10-4-14-29(37)22-23-30(26-39-43-36-19-9-11-21-38(36)49-39)42-40(46)44(25-24-28-12-2-1-3-13-28)41(47)48-27-35-33-17-7-5-15-31(33)32-16-6-8-18-34(32)35/h4-11,14-21,28,30,35,45H,1-3,12-13,22-27H2,(H,42,46)/t30-/m0/s1. The van der Waals surface area contributed by atoms with Gasteiger partial charge in [0.2, 0.25) is 0 Å². The predicted molar refractivity (Wildman–Crippen MR) is 189 cm³/mol. The Bertz CT molecular complexity index is 1830. The second kappa shape index (κ2) is 15.0. The number of urea groups is 1. The molecule has 1 heterocycles. The number of hydrogen-bond acceptors (Lipinski definition) is 6. The fraction of sp³-hybridized carbons (Fsp3) is 0.341. The minimum absolute atomic E-state index is 0.106. The van der Waals surface area contributed by atoms with Crippen molar-refractivity contribution in [2.75, 3.05) is 13.2 Å². The van der Waals surface area contributed by atoms with E-state index in [0.717, 1.165) is 52.6 Å². The Hall–Kier alpha value is -5.11. The third kappa shape index (κ3) is 7.48. The number of rotatable bonds is 11. The lowest BCUT2D eigenvalue weighted by atomic mass is 9.87. The van der Waals surface area contributed by atoms with E-state index in [9.17, 15) is 14.7 Å². The highest BCUT2D eigenvalue weighted by atomic mass is 16.6. The number of para-hydroxylation sites is 3. The summed E-state index contributed by atoms with van der Waals surface area (Å²) in [5.74, 6) is 1.08. The highest BCUT2D eigenvalue weighted by Gasteiger charge is 2.32. The summed E-state index contributed by atoms with van der Waals surface area (Å²) < 4.78 is 12.0. The molecule has 0 unspecified atom stereocenters. The van der Waals surface area contributed by atoms with Crippen LogP contribution in [0.15, 0.2) is 101 Å². The lowest BCUT2D eigenvalue weighted by Crippen LogP contribution is -2.49. The third-order valence-corrected chi connectivity index (χ3v) is 10.1. The van der Waals surface area contributed by atoms with Crippen LogP contribution in [0.25, 0.3) is 22.2 Å². The highest BCUT2D eigenvalue weighted by Crippen LogP contribution is 2.44. The van der Waals surface area contributed by atoms with Gasteiger partial charge in [0.1, 0.15) is 17.9 Å². The number of fused-ring (bicyclic) bond motifs is 4. The Kier molecular flexibility index (Phi) is 9.91. The van der Waals surface area contributed by atoms with Crippen LogP contribution in [0.5, 0.6) is 5.75 Å². The number of carbonyl (C=O) groups excluding carboxylic acids is 2. The molecule has 3 amide bonds. The first-order valence-electron chi connectivity index (χ1n) is 17.6. The second-order valence-electron chi connectivity index (χ2n) is 13.3. The van der Waals surface area contributed by atoms with Gasteiger partial charge in [-0.3, -0.25) is 0 Å². The number of nitrogens with one attached hydrogen (secondary N) is 1. The molecule has 4 aromatic carbocycles. The topological polar surface area (TPSA) is 105 Å². The van der Waals surface area contributed by atoms with E-state index in [2.05, 4.69) is 34.6 Å². The maximum absolute atomic E-state index is 14.1. The van der Waals surface area contributed by atoms with Gasteiger partial charge in [-0.05, 0) is 71.2 Å². The van der Waals surface area contributed by atoms with Crippen molar-refractivity contribution in [3.63, 3.8) is 0 Å². The first-order valence-corrected chi connectivity index (χ1v) is 17.6. The minimum Gasteiger partial charge on any atom is -0.508 e. The largest absolute Gasteiger partial charge is 0.508 e. The number of amides is 3. The molecule has 252 valence electrons. The Morgan fingerprint density at radius 2 is 1.55 bits per heavy atom. The second-order valence-corrected chi connectivity index (χ2v) is 13.3. The summed E-state index contributed by atoms with van der Waals surface area (Å²) in [6.45, 7) is 0.419. The number of imide groups is 1. The molecular formula is C41H43N3O5. The van der Waals surface area contributed by atoms with E-state index < -0.39 is 18.2 Å². The molecular weight excluding hydrogens is 614 g/mol. The van der Waals surface area contributed by atoms with Crippen molar-refractivity contribution in [3.05, 3.63) is 120 Å². The average Bonchev–Trinajstić information content (AvgIpc) is 3.69. The average molecular weight is 658 g/mol. The molecule has 49 heavy (non-hydrogen) atoms. The lowest BCUT2D eigenvalue weighted by molar-refractivity contribution is 0.103. The van der Waals surface area contributed by atoms with Crippen LogP contribution in [-0.2, 0) is 17.6 Å². The number of carbonyl (C=O) groups is 2. The summed E-state index contributed by atoms with van der Waals surface area (Å²) in [6.07, 6.45) is 7.27.